The molecule has 6 rings (SSSR count). The molecule has 1 fully saturated rings. The van der Waals surface area contributed by atoms with Gasteiger partial charge in [-0.3, -0.25) is 9.69 Å². The van der Waals surface area contributed by atoms with Crippen molar-refractivity contribution in [3.8, 4) is 0 Å². The number of nitrogens with zero attached hydrogens (tertiary/aromatic N) is 4. The van der Waals surface area contributed by atoms with E-state index in [0.29, 0.717) is 12.6 Å². The number of nitrogens with one attached hydrogen (secondary N) is 3. The number of methoxy groups -OCH3 is 1. The van der Waals surface area contributed by atoms with Crippen LogP contribution in [0.2, 0.25) is 0 Å². The third-order valence-corrected chi connectivity index (χ3v) is 7.88. The highest BCUT2D eigenvalue weighted by molar-refractivity contribution is 5.98. The number of fused-ring (bicyclic) bond motifs is 2. The van der Waals surface area contributed by atoms with Gasteiger partial charge in [-0.1, -0.05) is 18.2 Å². The van der Waals surface area contributed by atoms with Crippen molar-refractivity contribution in [2.75, 3.05) is 57.6 Å². The highest BCUT2D eigenvalue weighted by atomic mass is 16.5. The molecular weight excluding hydrogens is 502 g/mol. The minimum atomic E-state index is -0.327. The number of H-pyrrole nitrogens is 1. The molecule has 0 spiro atoms. The maximum absolute atomic E-state index is 13.5. The van der Waals surface area contributed by atoms with Crippen LogP contribution in [0.1, 0.15) is 22.4 Å². The van der Waals surface area contributed by atoms with Crippen LogP contribution < -0.4 is 10.6 Å². The van der Waals surface area contributed by atoms with Crippen LogP contribution in [0.5, 0.6) is 0 Å². The number of anilines is 3. The van der Waals surface area contributed by atoms with Crippen molar-refractivity contribution in [3.05, 3.63) is 83.3 Å². The Morgan fingerprint density at radius 1 is 1.15 bits per heavy atom. The van der Waals surface area contributed by atoms with Gasteiger partial charge in [0.2, 0.25) is 11.9 Å². The first kappa shape index (κ1) is 26.2. The summed E-state index contributed by atoms with van der Waals surface area (Å²) in [7, 11) is 3.76. The van der Waals surface area contributed by atoms with Crippen molar-refractivity contribution in [2.45, 2.75) is 19.4 Å². The minimum absolute atomic E-state index is 0.0302. The first-order valence-corrected chi connectivity index (χ1v) is 13.7. The Bertz CT molecular complexity index is 1570. The van der Waals surface area contributed by atoms with E-state index in [9.17, 15) is 4.79 Å². The molecule has 1 atom stereocenters. The number of aryl methyl sites for hydroxylation is 1. The van der Waals surface area contributed by atoms with Crippen molar-refractivity contribution >= 4 is 39.7 Å². The summed E-state index contributed by atoms with van der Waals surface area (Å²) in [5.74, 6) is 0.515. The van der Waals surface area contributed by atoms with E-state index >= 15 is 0 Å². The number of likely N-dealkylation sites (N-methyl/N-ethyl adjacent to an activating group) is 1. The number of hydrogen-bond acceptors (Lipinski definition) is 7. The van der Waals surface area contributed by atoms with Gasteiger partial charge in [-0.15, -0.1) is 0 Å². The van der Waals surface area contributed by atoms with E-state index in [1.54, 1.807) is 7.11 Å². The second-order valence-corrected chi connectivity index (χ2v) is 10.6. The Hall–Kier alpha value is -4.05. The second-order valence-electron chi connectivity index (χ2n) is 10.6. The van der Waals surface area contributed by atoms with E-state index < -0.39 is 0 Å². The van der Waals surface area contributed by atoms with Gasteiger partial charge >= 0.3 is 0 Å². The number of amides is 1. The fraction of sp³-hybridized carbons (Fsp3) is 0.323. The van der Waals surface area contributed by atoms with Crippen molar-refractivity contribution in [1.29, 1.82) is 0 Å². The summed E-state index contributed by atoms with van der Waals surface area (Å²) in [6.45, 7) is 5.97. The van der Waals surface area contributed by atoms with Gasteiger partial charge < -0.3 is 25.3 Å². The van der Waals surface area contributed by atoms with Crippen LogP contribution in [0.3, 0.4) is 0 Å². The Morgan fingerprint density at radius 2 is 2.00 bits per heavy atom. The van der Waals surface area contributed by atoms with Crippen LogP contribution in [0.25, 0.3) is 16.5 Å². The summed E-state index contributed by atoms with van der Waals surface area (Å²) in [6.07, 6.45) is 6.70. The summed E-state index contributed by atoms with van der Waals surface area (Å²) >= 11 is 0. The minimum Gasteiger partial charge on any atom is -0.383 e. The molecule has 1 saturated heterocycles. The number of aromatic amines is 1. The van der Waals surface area contributed by atoms with E-state index in [0.717, 1.165) is 82.8 Å². The molecule has 4 aromatic rings. The van der Waals surface area contributed by atoms with Crippen molar-refractivity contribution in [2.24, 2.45) is 0 Å². The highest BCUT2D eigenvalue weighted by Crippen LogP contribution is 2.37. The number of carbonyl (C=O) groups is 1. The molecule has 1 amide bonds. The predicted octanol–water partition coefficient (Wildman–Crippen LogP) is 4.20. The van der Waals surface area contributed by atoms with Crippen LogP contribution >= 0.6 is 0 Å². The Morgan fingerprint density at radius 3 is 2.83 bits per heavy atom. The first-order chi connectivity index (χ1) is 19.5. The zero-order valence-electron chi connectivity index (χ0n) is 23.2. The molecule has 2 aliphatic rings. The third-order valence-electron chi connectivity index (χ3n) is 7.88. The number of rotatable bonds is 8. The van der Waals surface area contributed by atoms with E-state index in [1.807, 2.05) is 49.6 Å². The van der Waals surface area contributed by atoms with Gasteiger partial charge in [0.05, 0.1) is 12.3 Å². The number of piperazine rings is 1. The molecule has 3 N–H and O–H groups in total. The molecule has 2 aromatic carbocycles. The lowest BCUT2D eigenvalue weighted by molar-refractivity contribution is -0.124. The number of benzene rings is 2. The second kappa shape index (κ2) is 11.2. The van der Waals surface area contributed by atoms with Crippen molar-refractivity contribution < 1.29 is 9.53 Å². The van der Waals surface area contributed by atoms with Crippen molar-refractivity contribution in [1.82, 2.24) is 24.8 Å². The number of carbonyl (C=O) groups excluding carboxylic acids is 1. The first-order valence-electron chi connectivity index (χ1n) is 13.7. The van der Waals surface area contributed by atoms with Gasteiger partial charge in [0.15, 0.2) is 0 Å². The zero-order chi connectivity index (χ0) is 27.6. The maximum atomic E-state index is 13.5. The summed E-state index contributed by atoms with van der Waals surface area (Å²) in [5, 5.41) is 7.71. The SMILES string of the molecule is COC[C@H](C(=O)Nc1cccc2c1CC=C2c1nc(Nc2ccc3[nH]ccc3c2)ncc1C)N1CCN(C)CC1. The van der Waals surface area contributed by atoms with Gasteiger partial charge in [0.1, 0.15) is 6.04 Å². The quantitative estimate of drug-likeness (QED) is 0.310. The predicted molar refractivity (Wildman–Crippen MR) is 159 cm³/mol. The number of ether oxygens (including phenoxy) is 1. The van der Waals surface area contributed by atoms with Crippen LogP contribution in [0.4, 0.5) is 17.3 Å². The molecule has 0 bridgehead atoms. The standard InChI is InChI=1S/C31H35N7O2/c1-20-18-33-31(34-22-7-10-26-21(17-22)11-12-32-26)36-29(20)25-9-8-24-23(25)5-4-6-27(24)35-30(39)28(19-40-3)38-15-13-37(2)14-16-38/h4-7,9-12,17-18,28,32H,8,13-16,19H2,1-3H3,(H,35,39)(H,33,34,36)/t28-/m1/s1. The third kappa shape index (κ3) is 5.23. The molecule has 2 aromatic heterocycles. The lowest BCUT2D eigenvalue weighted by Gasteiger charge is -2.36. The Balaban J connectivity index is 1.22. The zero-order valence-corrected chi connectivity index (χ0v) is 23.2. The normalized spacial score (nSPS) is 16.5. The van der Waals surface area contributed by atoms with Crippen molar-refractivity contribution in [3.63, 3.8) is 0 Å². The Kier molecular flexibility index (Phi) is 7.34. The lowest BCUT2D eigenvalue weighted by Crippen LogP contribution is -2.54. The largest absolute Gasteiger partial charge is 0.383 e. The van der Waals surface area contributed by atoms with Gasteiger partial charge in [-0.25, -0.2) is 9.97 Å². The van der Waals surface area contributed by atoms with Gasteiger partial charge in [-0.2, -0.15) is 0 Å². The monoisotopic (exact) mass is 537 g/mol. The molecule has 0 radical (unpaired) electrons. The summed E-state index contributed by atoms with van der Waals surface area (Å²) in [6, 6.07) is 13.9. The molecule has 0 saturated carbocycles. The highest BCUT2D eigenvalue weighted by Gasteiger charge is 2.30. The summed E-state index contributed by atoms with van der Waals surface area (Å²) in [4.78, 5) is 30.7. The fourth-order valence-electron chi connectivity index (χ4n) is 5.60. The summed E-state index contributed by atoms with van der Waals surface area (Å²) in [5.41, 5.74) is 7.99. The number of allylic oxidation sites excluding steroid dienone is 1. The van der Waals surface area contributed by atoms with Gasteiger partial charge in [0, 0.05) is 73.5 Å². The van der Waals surface area contributed by atoms with Crippen LogP contribution in [-0.2, 0) is 16.0 Å². The fourth-order valence-corrected chi connectivity index (χ4v) is 5.60. The van der Waals surface area contributed by atoms with Crippen LogP contribution in [0.15, 0.2) is 60.9 Å². The lowest BCUT2D eigenvalue weighted by atomic mass is 9.99. The van der Waals surface area contributed by atoms with Gasteiger partial charge in [-0.05, 0) is 67.4 Å². The van der Waals surface area contributed by atoms with E-state index in [-0.39, 0.29) is 11.9 Å². The van der Waals surface area contributed by atoms with E-state index in [2.05, 4.69) is 55.7 Å². The van der Waals surface area contributed by atoms with Gasteiger partial charge in [0.25, 0.3) is 0 Å². The molecule has 40 heavy (non-hydrogen) atoms. The average molecular weight is 538 g/mol. The molecule has 3 heterocycles. The topological polar surface area (TPSA) is 98.4 Å². The average Bonchev–Trinajstić information content (AvgIpc) is 3.61. The summed E-state index contributed by atoms with van der Waals surface area (Å²) < 4.78 is 5.45. The smallest absolute Gasteiger partial charge is 0.244 e. The molecule has 1 aliphatic carbocycles. The molecule has 206 valence electrons. The molecule has 0 unspecified atom stereocenters. The molecule has 9 nitrogen and oxygen atoms in total. The molecular formula is C31H35N7O2. The Labute approximate surface area is 234 Å². The maximum Gasteiger partial charge on any atom is 0.244 e. The van der Waals surface area contributed by atoms with E-state index in [4.69, 9.17) is 9.72 Å². The number of aromatic nitrogens is 3. The van der Waals surface area contributed by atoms with Crippen LogP contribution in [0, 0.1) is 6.92 Å². The molecule has 9 heteroatoms. The van der Waals surface area contributed by atoms with Crippen LogP contribution in [-0.4, -0.2) is 83.6 Å². The van der Waals surface area contributed by atoms with E-state index in [1.165, 1.54) is 0 Å². The molecule has 1 aliphatic heterocycles. The number of hydrogen-bond donors (Lipinski definition) is 3.